The molecule has 0 spiro atoms. The fraction of sp³-hybridized carbons (Fsp3) is 0.0417. The van der Waals surface area contributed by atoms with Gasteiger partial charge in [-0.2, -0.15) is 0 Å². The second-order valence-electron chi connectivity index (χ2n) is 13.1. The van der Waals surface area contributed by atoms with Crippen LogP contribution < -0.4 is 0 Å². The zero-order valence-electron chi connectivity index (χ0n) is 28.2. The first-order chi connectivity index (χ1) is 24.6. The Morgan fingerprint density at radius 1 is 0.380 bits per heavy atom. The topological polar surface area (TPSA) is 0 Å². The average Bonchev–Trinajstić information content (AvgIpc) is 3.80. The van der Waals surface area contributed by atoms with Crippen LogP contribution in [0.3, 0.4) is 0 Å². The molecule has 2 radical (unpaired) electrons. The molecule has 10 rings (SSSR count). The van der Waals surface area contributed by atoms with E-state index in [-0.39, 0.29) is 0 Å². The van der Waals surface area contributed by atoms with E-state index >= 15 is 0 Å². The van der Waals surface area contributed by atoms with Crippen LogP contribution in [0.2, 0.25) is 0 Å². The Morgan fingerprint density at radius 2 is 0.740 bits per heavy atom. The molecule has 0 N–H and O–H groups in total. The molecule has 50 heavy (non-hydrogen) atoms. The van der Waals surface area contributed by atoms with Crippen LogP contribution >= 0.6 is 0 Å². The second-order valence-corrected chi connectivity index (χ2v) is 13.1. The number of rotatable bonds is 2. The van der Waals surface area contributed by atoms with Crippen molar-refractivity contribution in [1.29, 1.82) is 0 Å². The summed E-state index contributed by atoms with van der Waals surface area (Å²) in [7, 11) is 0. The van der Waals surface area contributed by atoms with Crippen LogP contribution in [0.5, 0.6) is 0 Å². The van der Waals surface area contributed by atoms with E-state index in [0.717, 1.165) is 0 Å². The summed E-state index contributed by atoms with van der Waals surface area (Å²) in [5, 5.41) is 15.8. The van der Waals surface area contributed by atoms with E-state index in [0.29, 0.717) is 0 Å². The van der Waals surface area contributed by atoms with Gasteiger partial charge in [-0.25, -0.2) is 0 Å². The molecule has 10 aromatic carbocycles. The fourth-order valence-corrected chi connectivity index (χ4v) is 7.66. The molecular weight excluding hydrogens is 696 g/mol. The monoisotopic (exact) mass is 728 g/mol. The van der Waals surface area contributed by atoms with Gasteiger partial charge in [0, 0.05) is 0 Å². The average molecular weight is 730 g/mol. The van der Waals surface area contributed by atoms with Crippen molar-refractivity contribution < 1.29 is 23.3 Å². The molecule has 0 atom stereocenters. The van der Waals surface area contributed by atoms with Crippen LogP contribution in [0.1, 0.15) is 11.1 Å². The molecule has 0 aromatic heterocycles. The zero-order valence-corrected chi connectivity index (χ0v) is 31.6. The third-order valence-corrected chi connectivity index (χ3v) is 9.83. The Labute approximate surface area is 309 Å². The summed E-state index contributed by atoms with van der Waals surface area (Å²) >= 11 is 1.36. The molecule has 0 aliphatic rings. The van der Waals surface area contributed by atoms with E-state index in [9.17, 15) is 0 Å². The molecule has 0 aliphatic heterocycles. The molecule has 10 aromatic rings. The maximum atomic E-state index is 3.06. The van der Waals surface area contributed by atoms with Crippen molar-refractivity contribution in [3.05, 3.63) is 181 Å². The van der Waals surface area contributed by atoms with Crippen molar-refractivity contribution in [2.75, 3.05) is 0 Å². The van der Waals surface area contributed by atoms with E-state index in [1.807, 2.05) is 0 Å². The first-order valence-electron chi connectivity index (χ1n) is 17.0. The molecule has 0 amide bonds. The Bertz CT molecular complexity index is 2570. The van der Waals surface area contributed by atoms with Crippen LogP contribution in [0, 0.1) is 13.8 Å². The van der Waals surface area contributed by atoms with Crippen molar-refractivity contribution in [2.45, 2.75) is 13.8 Å². The van der Waals surface area contributed by atoms with Gasteiger partial charge >= 0.3 is 30.2 Å². The second kappa shape index (κ2) is 13.8. The molecule has 2 heteroatoms. The summed E-state index contributed by atoms with van der Waals surface area (Å²) in [4.78, 5) is 0. The Morgan fingerprint density at radius 3 is 1.16 bits per heavy atom. The summed E-state index contributed by atoms with van der Waals surface area (Å²) in [6, 6.07) is 61.9. The first kappa shape index (κ1) is 32.3. The van der Waals surface area contributed by atoms with Crippen LogP contribution in [0.15, 0.2) is 170 Å². The van der Waals surface area contributed by atoms with Gasteiger partial charge in [-0.15, -0.1) is 69.1 Å². The van der Waals surface area contributed by atoms with Crippen molar-refractivity contribution in [3.8, 4) is 22.3 Å². The number of benzene rings is 8. The van der Waals surface area contributed by atoms with Crippen LogP contribution in [0.25, 0.3) is 86.9 Å². The van der Waals surface area contributed by atoms with E-state index in [1.165, 1.54) is 121 Å². The van der Waals surface area contributed by atoms with Crippen LogP contribution in [-0.2, 0) is 23.3 Å². The van der Waals surface area contributed by atoms with Gasteiger partial charge in [-0.05, 0) is 56.9 Å². The third-order valence-electron chi connectivity index (χ3n) is 9.83. The van der Waals surface area contributed by atoms with E-state index in [2.05, 4.69) is 191 Å². The molecule has 234 valence electrons. The van der Waals surface area contributed by atoms with Crippen LogP contribution in [-0.4, -0.2) is 6.88 Å². The Balaban J connectivity index is 0.000000138. The summed E-state index contributed by atoms with van der Waals surface area (Å²) in [6.07, 6.45) is 0. The fourth-order valence-electron chi connectivity index (χ4n) is 7.66. The van der Waals surface area contributed by atoms with Gasteiger partial charge in [-0.1, -0.05) is 156 Å². The number of hydrogen-bond donors (Lipinski definition) is 0. The zero-order chi connectivity index (χ0) is 34.2. The van der Waals surface area contributed by atoms with Gasteiger partial charge in [0.15, 0.2) is 0 Å². The van der Waals surface area contributed by atoms with Crippen molar-refractivity contribution in [2.24, 2.45) is 0 Å². The molecule has 0 heterocycles. The van der Waals surface area contributed by atoms with E-state index in [4.69, 9.17) is 0 Å². The van der Waals surface area contributed by atoms with Gasteiger partial charge in [0.1, 0.15) is 0 Å². The Kier molecular flexibility index (Phi) is 8.92. The molecule has 0 nitrogen and oxygen atoms in total. The SMILES string of the molecule is Cc1cc(-c2cc3ccccc3[cH-]2)c2c(ccc3ccccc32)c1.Cc1cc(-c2cc3ccccc3[cH-]2)c2c(ccc3ccccc32)c1.[Si]=[Zr+2]. The van der Waals surface area contributed by atoms with Gasteiger partial charge < -0.3 is 0 Å². The third kappa shape index (κ3) is 5.98. The molecule has 0 unspecified atom stereocenters. The maximum absolute atomic E-state index is 3.06. The number of hydrogen-bond acceptors (Lipinski definition) is 0. The standard InChI is InChI=1S/2C24H17.Si.Zr/c2*1-16-12-20-11-10-17-6-4-5-9-22(17)24(20)23(13-16)21-14-18-7-2-3-8-19(18)15-21;;/h2*2-15H,1H3;;/q2*-1;;+2. The van der Waals surface area contributed by atoms with Crippen molar-refractivity contribution >= 4 is 71.5 Å². The van der Waals surface area contributed by atoms with Gasteiger partial charge in [0.05, 0.1) is 0 Å². The summed E-state index contributed by atoms with van der Waals surface area (Å²) in [5.41, 5.74) is 7.88. The summed E-state index contributed by atoms with van der Waals surface area (Å²) in [6.45, 7) is 7.42. The summed E-state index contributed by atoms with van der Waals surface area (Å²) in [5.74, 6) is 0. The number of aryl methyl sites for hydroxylation is 2. The van der Waals surface area contributed by atoms with Gasteiger partial charge in [-0.3, -0.25) is 0 Å². The molecule has 0 saturated heterocycles. The normalized spacial score (nSPS) is 11.2. The minimum atomic E-state index is 1.30. The predicted octanol–water partition coefficient (Wildman–Crippen LogP) is 13.3. The quantitative estimate of drug-likeness (QED) is 0.0944. The van der Waals surface area contributed by atoms with E-state index < -0.39 is 0 Å². The Hall–Kier alpha value is -4.88. The molecule has 0 saturated carbocycles. The van der Waals surface area contributed by atoms with Gasteiger partial charge in [0.25, 0.3) is 0 Å². The molecule has 0 fully saturated rings. The van der Waals surface area contributed by atoms with Crippen LogP contribution in [0.4, 0.5) is 0 Å². The summed E-state index contributed by atoms with van der Waals surface area (Å²) < 4.78 is 0. The number of fused-ring (bicyclic) bond motifs is 8. The van der Waals surface area contributed by atoms with E-state index in [1.54, 1.807) is 0 Å². The first-order valence-corrected chi connectivity index (χ1v) is 21.2. The predicted molar refractivity (Wildman–Crippen MR) is 215 cm³/mol. The van der Waals surface area contributed by atoms with Crippen molar-refractivity contribution in [1.82, 2.24) is 0 Å². The molecular formula is C48H34SiZr. The van der Waals surface area contributed by atoms with Gasteiger partial charge in [0.2, 0.25) is 0 Å². The van der Waals surface area contributed by atoms with Crippen molar-refractivity contribution in [3.63, 3.8) is 0 Å². The molecule has 0 bridgehead atoms. The minimum absolute atomic E-state index is 1.30. The molecule has 0 aliphatic carbocycles.